The molecular weight excluding hydrogens is 336 g/mol. The second-order valence-corrected chi connectivity index (χ2v) is 5.41. The Morgan fingerprint density at radius 3 is 2.86 bits per heavy atom. The molecule has 3 heterocycles. The summed E-state index contributed by atoms with van der Waals surface area (Å²) < 4.78 is 11.5. The highest BCUT2D eigenvalue weighted by atomic mass is 79.9. The van der Waals surface area contributed by atoms with Crippen molar-refractivity contribution in [3.05, 3.63) is 53.0 Å². The van der Waals surface area contributed by atoms with Gasteiger partial charge in [0.25, 0.3) is 0 Å². The van der Waals surface area contributed by atoms with E-state index in [2.05, 4.69) is 31.1 Å². The highest BCUT2D eigenvalue weighted by molar-refractivity contribution is 9.10. The van der Waals surface area contributed by atoms with Crippen LogP contribution in [0.15, 0.2) is 50.3 Å². The Hall–Kier alpha value is -1.99. The second kappa shape index (κ2) is 6.19. The number of halogens is 1. The zero-order chi connectivity index (χ0) is 14.7. The molecule has 0 saturated heterocycles. The zero-order valence-corrected chi connectivity index (χ0v) is 12.9. The van der Waals surface area contributed by atoms with Gasteiger partial charge in [-0.15, -0.1) is 0 Å². The monoisotopic (exact) mass is 348 g/mol. The topological polar surface area (TPSA) is 68.2 Å². The van der Waals surface area contributed by atoms with E-state index in [1.54, 1.807) is 12.4 Å². The second-order valence-electron chi connectivity index (χ2n) is 4.63. The average Bonchev–Trinajstić information content (AvgIpc) is 3.09. The lowest BCUT2D eigenvalue weighted by Gasteiger charge is -2.11. The molecule has 0 bridgehead atoms. The number of aromatic nitrogens is 3. The number of furan rings is 1. The Bertz CT molecular complexity index is 711. The fourth-order valence-corrected chi connectivity index (χ4v) is 2.26. The molecule has 3 aromatic rings. The standard InChI is InChI=1S/C14H13BrN4O2/c1-19(8-11-4-5-12(15)20-11)9-13-17-14(18-21-13)10-3-2-6-16-7-10/h2-7H,8-9H2,1H3. The molecule has 0 fully saturated rings. The van der Waals surface area contributed by atoms with Crippen LogP contribution in [0, 0.1) is 0 Å². The maximum atomic E-state index is 5.47. The number of hydrogen-bond acceptors (Lipinski definition) is 6. The summed E-state index contributed by atoms with van der Waals surface area (Å²) in [6, 6.07) is 7.53. The molecule has 0 N–H and O–H groups in total. The van der Waals surface area contributed by atoms with Crippen LogP contribution in [0.2, 0.25) is 0 Å². The first-order chi connectivity index (χ1) is 10.2. The normalized spacial score (nSPS) is 11.2. The maximum absolute atomic E-state index is 5.47. The molecule has 0 spiro atoms. The van der Waals surface area contributed by atoms with Crippen molar-refractivity contribution in [1.29, 1.82) is 0 Å². The van der Waals surface area contributed by atoms with Gasteiger partial charge in [-0.3, -0.25) is 9.88 Å². The number of hydrogen-bond donors (Lipinski definition) is 0. The lowest BCUT2D eigenvalue weighted by molar-refractivity contribution is 0.243. The number of nitrogens with zero attached hydrogens (tertiary/aromatic N) is 4. The van der Waals surface area contributed by atoms with E-state index >= 15 is 0 Å². The molecule has 0 aliphatic rings. The van der Waals surface area contributed by atoms with Crippen LogP contribution in [0.1, 0.15) is 11.7 Å². The molecule has 3 aromatic heterocycles. The van der Waals surface area contributed by atoms with Gasteiger partial charge in [0.05, 0.1) is 13.1 Å². The van der Waals surface area contributed by atoms with E-state index in [1.807, 2.05) is 36.2 Å². The van der Waals surface area contributed by atoms with Crippen LogP contribution < -0.4 is 0 Å². The van der Waals surface area contributed by atoms with Gasteiger partial charge in [-0.05, 0) is 47.2 Å². The number of rotatable bonds is 5. The Balaban J connectivity index is 1.64. The van der Waals surface area contributed by atoms with Gasteiger partial charge >= 0.3 is 0 Å². The van der Waals surface area contributed by atoms with Gasteiger partial charge < -0.3 is 8.94 Å². The van der Waals surface area contributed by atoms with Crippen molar-refractivity contribution in [3.63, 3.8) is 0 Å². The Morgan fingerprint density at radius 2 is 2.14 bits per heavy atom. The predicted octanol–water partition coefficient (Wildman–Crippen LogP) is 3.12. The molecular formula is C14H13BrN4O2. The largest absolute Gasteiger partial charge is 0.453 e. The Kier molecular flexibility index (Phi) is 4.12. The van der Waals surface area contributed by atoms with Gasteiger partial charge in [-0.25, -0.2) is 0 Å². The molecule has 0 unspecified atom stereocenters. The first-order valence-electron chi connectivity index (χ1n) is 6.36. The third kappa shape index (κ3) is 3.56. The fraction of sp³-hybridized carbons (Fsp3) is 0.214. The van der Waals surface area contributed by atoms with E-state index in [1.165, 1.54) is 0 Å². The quantitative estimate of drug-likeness (QED) is 0.705. The van der Waals surface area contributed by atoms with Crippen molar-refractivity contribution in [2.45, 2.75) is 13.1 Å². The van der Waals surface area contributed by atoms with Gasteiger partial charge in [-0.2, -0.15) is 4.98 Å². The summed E-state index contributed by atoms with van der Waals surface area (Å²) in [4.78, 5) is 10.4. The minimum absolute atomic E-state index is 0.547. The lowest BCUT2D eigenvalue weighted by atomic mass is 10.3. The molecule has 0 radical (unpaired) electrons. The molecule has 6 nitrogen and oxygen atoms in total. The van der Waals surface area contributed by atoms with Crippen LogP contribution in [0.4, 0.5) is 0 Å². The van der Waals surface area contributed by atoms with Crippen molar-refractivity contribution in [2.24, 2.45) is 0 Å². The highest BCUT2D eigenvalue weighted by Gasteiger charge is 2.12. The van der Waals surface area contributed by atoms with Crippen molar-refractivity contribution >= 4 is 15.9 Å². The predicted molar refractivity (Wildman–Crippen MR) is 79.1 cm³/mol. The van der Waals surface area contributed by atoms with E-state index in [0.29, 0.717) is 24.8 Å². The molecule has 108 valence electrons. The van der Waals surface area contributed by atoms with Gasteiger partial charge in [0.1, 0.15) is 5.76 Å². The minimum Gasteiger partial charge on any atom is -0.453 e. The SMILES string of the molecule is CN(Cc1ccc(Br)o1)Cc1nc(-c2cccnc2)no1. The zero-order valence-electron chi connectivity index (χ0n) is 11.4. The van der Waals surface area contributed by atoms with E-state index in [-0.39, 0.29) is 0 Å². The highest BCUT2D eigenvalue weighted by Crippen LogP contribution is 2.17. The van der Waals surface area contributed by atoms with Gasteiger partial charge in [0, 0.05) is 18.0 Å². The summed E-state index contributed by atoms with van der Waals surface area (Å²) in [7, 11) is 1.96. The van der Waals surface area contributed by atoms with Crippen LogP contribution in [0.5, 0.6) is 0 Å². The van der Waals surface area contributed by atoms with Crippen molar-refractivity contribution in [2.75, 3.05) is 7.05 Å². The van der Waals surface area contributed by atoms with Crippen LogP contribution >= 0.6 is 15.9 Å². The molecule has 0 atom stereocenters. The third-order valence-electron chi connectivity index (χ3n) is 2.85. The molecule has 0 saturated carbocycles. The van der Waals surface area contributed by atoms with Gasteiger partial charge in [0.2, 0.25) is 11.7 Å². The van der Waals surface area contributed by atoms with Crippen molar-refractivity contribution in [1.82, 2.24) is 20.0 Å². The smallest absolute Gasteiger partial charge is 0.241 e. The van der Waals surface area contributed by atoms with E-state index in [4.69, 9.17) is 8.94 Å². The Morgan fingerprint density at radius 1 is 1.24 bits per heavy atom. The summed E-state index contributed by atoms with van der Waals surface area (Å²) in [6.45, 7) is 1.21. The van der Waals surface area contributed by atoms with Gasteiger partial charge in [-0.1, -0.05) is 5.16 Å². The molecule has 21 heavy (non-hydrogen) atoms. The molecule has 3 rings (SSSR count). The van der Waals surface area contributed by atoms with Gasteiger partial charge in [0.15, 0.2) is 4.67 Å². The van der Waals surface area contributed by atoms with E-state index < -0.39 is 0 Å². The lowest BCUT2D eigenvalue weighted by Crippen LogP contribution is -2.17. The van der Waals surface area contributed by atoms with Crippen molar-refractivity contribution < 1.29 is 8.94 Å². The van der Waals surface area contributed by atoms with E-state index in [9.17, 15) is 0 Å². The van der Waals surface area contributed by atoms with E-state index in [0.717, 1.165) is 16.0 Å². The number of pyridine rings is 1. The summed E-state index contributed by atoms with van der Waals surface area (Å²) in [5.41, 5.74) is 0.838. The molecule has 0 aliphatic heterocycles. The van der Waals surface area contributed by atoms with Crippen LogP contribution in [-0.4, -0.2) is 27.1 Å². The fourth-order valence-electron chi connectivity index (χ4n) is 1.92. The van der Waals surface area contributed by atoms with Crippen LogP contribution in [-0.2, 0) is 13.1 Å². The maximum Gasteiger partial charge on any atom is 0.241 e. The molecule has 0 amide bonds. The summed E-state index contributed by atoms with van der Waals surface area (Å²) >= 11 is 3.29. The summed E-state index contributed by atoms with van der Waals surface area (Å²) in [5.74, 6) is 1.98. The van der Waals surface area contributed by atoms with Crippen LogP contribution in [0.3, 0.4) is 0 Å². The molecule has 7 heteroatoms. The third-order valence-corrected chi connectivity index (χ3v) is 3.27. The summed E-state index contributed by atoms with van der Waals surface area (Å²) in [5, 5.41) is 3.97. The van der Waals surface area contributed by atoms with Crippen LogP contribution in [0.25, 0.3) is 11.4 Å². The molecule has 0 aromatic carbocycles. The van der Waals surface area contributed by atoms with Crippen molar-refractivity contribution in [3.8, 4) is 11.4 Å². The summed E-state index contributed by atoms with van der Waals surface area (Å²) in [6.07, 6.45) is 3.42. The average molecular weight is 349 g/mol. The molecule has 0 aliphatic carbocycles. The first-order valence-corrected chi connectivity index (χ1v) is 7.16. The first kappa shape index (κ1) is 14.0. The Labute approximate surface area is 129 Å². The minimum atomic E-state index is 0.547.